The van der Waals surface area contributed by atoms with Crippen LogP contribution in [0.25, 0.3) is 10.9 Å². The molecule has 1 amide bonds. The van der Waals surface area contributed by atoms with Crippen molar-refractivity contribution in [2.75, 3.05) is 0 Å². The lowest BCUT2D eigenvalue weighted by molar-refractivity contribution is -0.147. The molecule has 2 aromatic carbocycles. The van der Waals surface area contributed by atoms with Crippen molar-refractivity contribution in [1.29, 1.82) is 0 Å². The van der Waals surface area contributed by atoms with Gasteiger partial charge in [0.05, 0.1) is 29.6 Å². The van der Waals surface area contributed by atoms with Gasteiger partial charge in [-0.05, 0) is 32.4 Å². The van der Waals surface area contributed by atoms with Gasteiger partial charge in [0, 0.05) is 18.5 Å². The lowest BCUT2D eigenvalue weighted by atomic mass is 10.0. The average Bonchev–Trinajstić information content (AvgIpc) is 2.70. The molecular weight excluding hydrogens is 380 g/mol. The first-order chi connectivity index (χ1) is 14.3. The van der Waals surface area contributed by atoms with Crippen molar-refractivity contribution in [3.05, 3.63) is 81.6 Å². The molecule has 0 radical (unpaired) electrons. The van der Waals surface area contributed by atoms with E-state index in [0.29, 0.717) is 10.9 Å². The molecule has 6 nitrogen and oxygen atoms in total. The van der Waals surface area contributed by atoms with Gasteiger partial charge < -0.3 is 14.6 Å². The van der Waals surface area contributed by atoms with Crippen LogP contribution in [-0.4, -0.2) is 22.5 Å². The van der Waals surface area contributed by atoms with Crippen molar-refractivity contribution in [2.45, 2.75) is 39.3 Å². The van der Waals surface area contributed by atoms with E-state index in [2.05, 4.69) is 5.32 Å². The van der Waals surface area contributed by atoms with Crippen LogP contribution in [0.4, 0.5) is 0 Å². The number of hydrogen-bond acceptors (Lipinski definition) is 4. The van der Waals surface area contributed by atoms with Crippen LogP contribution < -0.4 is 10.9 Å². The van der Waals surface area contributed by atoms with E-state index in [-0.39, 0.29) is 23.6 Å². The van der Waals surface area contributed by atoms with Crippen LogP contribution in [0.3, 0.4) is 0 Å². The third-order valence-corrected chi connectivity index (χ3v) is 4.92. The fraction of sp³-hybridized carbons (Fsp3) is 0.292. The molecule has 1 heterocycles. The zero-order chi connectivity index (χ0) is 21.8. The number of nitrogens with zero attached hydrogens (tertiary/aromatic N) is 1. The number of rotatable bonds is 6. The Morgan fingerprint density at radius 2 is 1.73 bits per heavy atom. The van der Waals surface area contributed by atoms with Crippen LogP contribution in [-0.2, 0) is 16.6 Å². The monoisotopic (exact) mass is 406 g/mol. The Labute approximate surface area is 175 Å². The highest BCUT2D eigenvalue weighted by Gasteiger charge is 2.22. The van der Waals surface area contributed by atoms with E-state index in [4.69, 9.17) is 4.74 Å². The van der Waals surface area contributed by atoms with Gasteiger partial charge >= 0.3 is 5.97 Å². The van der Waals surface area contributed by atoms with Crippen LogP contribution >= 0.6 is 0 Å². The highest BCUT2D eigenvalue weighted by molar-refractivity contribution is 6.06. The lowest BCUT2D eigenvalue weighted by Crippen LogP contribution is -2.32. The van der Waals surface area contributed by atoms with Gasteiger partial charge in [0.25, 0.3) is 11.5 Å². The molecule has 0 bridgehead atoms. The minimum atomic E-state index is -0.577. The number of benzene rings is 2. The van der Waals surface area contributed by atoms with E-state index >= 15 is 0 Å². The second-order valence-corrected chi connectivity index (χ2v) is 7.65. The summed E-state index contributed by atoms with van der Waals surface area (Å²) in [5.74, 6) is -0.809. The quantitative estimate of drug-likeness (QED) is 0.634. The number of nitrogens with one attached hydrogen (secondary N) is 1. The Balaban J connectivity index is 1.96. The fourth-order valence-electron chi connectivity index (χ4n) is 3.36. The van der Waals surface area contributed by atoms with E-state index in [1.165, 1.54) is 10.6 Å². The highest BCUT2D eigenvalue weighted by Crippen LogP contribution is 2.22. The lowest BCUT2D eigenvalue weighted by Gasteiger charge is -2.20. The number of aryl methyl sites for hydroxylation is 2. The van der Waals surface area contributed by atoms with Crippen molar-refractivity contribution >= 4 is 22.8 Å². The van der Waals surface area contributed by atoms with Gasteiger partial charge in [0.1, 0.15) is 0 Å². The number of hydrogen-bond donors (Lipinski definition) is 1. The topological polar surface area (TPSA) is 77.4 Å². The summed E-state index contributed by atoms with van der Waals surface area (Å²) in [6.45, 7) is 5.53. The first-order valence-corrected chi connectivity index (χ1v) is 9.92. The number of ether oxygens (including phenoxy) is 1. The standard InChI is InChI=1S/C24H26N2O4/c1-15(2)30-23(28)14-20(17-11-9-16(3)10-12-17)25-24(29)19-13-22(27)26(4)21-8-6-5-7-18(19)21/h5-13,15,20H,14H2,1-4H3,(H,25,29). The Morgan fingerprint density at radius 1 is 1.07 bits per heavy atom. The van der Waals surface area contributed by atoms with Crippen molar-refractivity contribution in [3.8, 4) is 0 Å². The number of carbonyl (C=O) groups is 2. The van der Waals surface area contributed by atoms with E-state index < -0.39 is 17.9 Å². The number of para-hydroxylation sites is 1. The van der Waals surface area contributed by atoms with E-state index in [1.54, 1.807) is 33.0 Å². The molecule has 1 atom stereocenters. The molecule has 0 aliphatic rings. The summed E-state index contributed by atoms with van der Waals surface area (Å²) in [5, 5.41) is 3.59. The second kappa shape index (κ2) is 8.95. The van der Waals surface area contributed by atoms with Gasteiger partial charge in [0.2, 0.25) is 0 Å². The molecule has 0 aliphatic carbocycles. The minimum Gasteiger partial charge on any atom is -0.463 e. The largest absolute Gasteiger partial charge is 0.463 e. The van der Waals surface area contributed by atoms with Gasteiger partial charge in [0.15, 0.2) is 0 Å². The molecule has 156 valence electrons. The Hall–Kier alpha value is -3.41. The van der Waals surface area contributed by atoms with Crippen LogP contribution in [0, 0.1) is 6.92 Å². The Kier molecular flexibility index (Phi) is 6.35. The SMILES string of the molecule is Cc1ccc(C(CC(=O)OC(C)C)NC(=O)c2cc(=O)n(C)c3ccccc23)cc1. The van der Waals surface area contributed by atoms with Gasteiger partial charge in [-0.2, -0.15) is 0 Å². The Morgan fingerprint density at radius 3 is 2.40 bits per heavy atom. The van der Waals surface area contributed by atoms with Crippen LogP contribution in [0.15, 0.2) is 59.4 Å². The summed E-state index contributed by atoms with van der Waals surface area (Å²) in [6, 6.07) is 15.6. The molecular formula is C24H26N2O4. The summed E-state index contributed by atoms with van der Waals surface area (Å²) in [7, 11) is 1.67. The van der Waals surface area contributed by atoms with Gasteiger partial charge in [-0.15, -0.1) is 0 Å². The van der Waals surface area contributed by atoms with E-state index in [1.807, 2.05) is 43.3 Å². The molecule has 0 spiro atoms. The maximum atomic E-state index is 13.2. The first kappa shape index (κ1) is 21.3. The molecule has 1 N–H and O–H groups in total. The number of fused-ring (bicyclic) bond motifs is 1. The Bertz CT molecular complexity index is 1130. The fourth-order valence-corrected chi connectivity index (χ4v) is 3.36. The van der Waals surface area contributed by atoms with Gasteiger partial charge in [-0.3, -0.25) is 14.4 Å². The van der Waals surface area contributed by atoms with Crippen molar-refractivity contribution in [1.82, 2.24) is 9.88 Å². The number of amides is 1. The number of esters is 1. The minimum absolute atomic E-state index is 0.00421. The van der Waals surface area contributed by atoms with Crippen molar-refractivity contribution < 1.29 is 14.3 Å². The molecule has 0 aliphatic heterocycles. The predicted octanol–water partition coefficient (Wildman–Crippen LogP) is 3.66. The molecule has 1 unspecified atom stereocenters. The first-order valence-electron chi connectivity index (χ1n) is 9.92. The van der Waals surface area contributed by atoms with Crippen LogP contribution in [0.1, 0.15) is 47.8 Å². The molecule has 0 fully saturated rings. The van der Waals surface area contributed by atoms with Gasteiger partial charge in [-0.1, -0.05) is 48.0 Å². The number of pyridine rings is 1. The third-order valence-electron chi connectivity index (χ3n) is 4.92. The van der Waals surface area contributed by atoms with Crippen molar-refractivity contribution in [2.24, 2.45) is 7.05 Å². The normalized spacial score (nSPS) is 12.0. The van der Waals surface area contributed by atoms with E-state index in [0.717, 1.165) is 11.1 Å². The molecule has 6 heteroatoms. The molecule has 0 saturated carbocycles. The van der Waals surface area contributed by atoms with Gasteiger partial charge in [-0.25, -0.2) is 0 Å². The molecule has 3 aromatic rings. The molecule has 30 heavy (non-hydrogen) atoms. The van der Waals surface area contributed by atoms with Crippen LogP contribution in [0.2, 0.25) is 0 Å². The predicted molar refractivity (Wildman–Crippen MR) is 116 cm³/mol. The second-order valence-electron chi connectivity index (χ2n) is 7.65. The number of carbonyl (C=O) groups excluding carboxylic acids is 2. The summed E-state index contributed by atoms with van der Waals surface area (Å²) < 4.78 is 6.78. The average molecular weight is 406 g/mol. The maximum absolute atomic E-state index is 13.2. The molecule has 0 saturated heterocycles. The zero-order valence-corrected chi connectivity index (χ0v) is 17.6. The van der Waals surface area contributed by atoms with Crippen LogP contribution in [0.5, 0.6) is 0 Å². The van der Waals surface area contributed by atoms with Crippen molar-refractivity contribution in [3.63, 3.8) is 0 Å². The summed E-state index contributed by atoms with van der Waals surface area (Å²) in [4.78, 5) is 37.8. The van der Waals surface area contributed by atoms with E-state index in [9.17, 15) is 14.4 Å². The smallest absolute Gasteiger partial charge is 0.308 e. The molecule has 1 aromatic heterocycles. The molecule has 3 rings (SSSR count). The third kappa shape index (κ3) is 4.76. The highest BCUT2D eigenvalue weighted by atomic mass is 16.5. The summed E-state index contributed by atoms with van der Waals surface area (Å²) in [5.41, 5.74) is 2.54. The summed E-state index contributed by atoms with van der Waals surface area (Å²) >= 11 is 0. The zero-order valence-electron chi connectivity index (χ0n) is 17.6. The number of aromatic nitrogens is 1. The maximum Gasteiger partial charge on any atom is 0.308 e. The summed E-state index contributed by atoms with van der Waals surface area (Å²) in [6.07, 6.45) is -0.247.